The van der Waals surface area contributed by atoms with Crippen LogP contribution in [0.25, 0.3) is 16.3 Å². The summed E-state index contributed by atoms with van der Waals surface area (Å²) in [6.45, 7) is -0.661. The van der Waals surface area contributed by atoms with Gasteiger partial charge in [-0.25, -0.2) is 9.48 Å². The molecule has 0 saturated heterocycles. The number of carbonyl (C=O) groups is 2. The topological polar surface area (TPSA) is 142 Å². The normalized spacial score (nSPS) is 10.9. The number of nitrogens with two attached hydrogens (primary N) is 1. The summed E-state index contributed by atoms with van der Waals surface area (Å²) in [5.74, 6) is 0.126. The summed E-state index contributed by atoms with van der Waals surface area (Å²) in [6.07, 6.45) is 0.0999. The van der Waals surface area contributed by atoms with E-state index in [2.05, 4.69) is 15.7 Å². The fraction of sp³-hybridized carbons (Fsp3) is 0.211. The van der Waals surface area contributed by atoms with Crippen LogP contribution in [0, 0.1) is 0 Å². The van der Waals surface area contributed by atoms with Crippen LogP contribution >= 0.6 is 11.3 Å². The van der Waals surface area contributed by atoms with Crippen LogP contribution in [-0.2, 0) is 11.2 Å². The number of aromatic nitrogens is 2. The summed E-state index contributed by atoms with van der Waals surface area (Å²) < 4.78 is 1.57. The van der Waals surface area contributed by atoms with Gasteiger partial charge < -0.3 is 21.3 Å². The van der Waals surface area contributed by atoms with Gasteiger partial charge in [0.05, 0.1) is 36.2 Å². The minimum Gasteiger partial charge on any atom is -0.394 e. The maximum atomic E-state index is 12.0. The van der Waals surface area contributed by atoms with Gasteiger partial charge in [-0.15, -0.1) is 11.3 Å². The fourth-order valence-electron chi connectivity index (χ4n) is 2.71. The predicted octanol–water partition coefficient (Wildman–Crippen LogP) is 1.10. The maximum Gasteiger partial charge on any atom is 0.317 e. The molecule has 2 heterocycles. The van der Waals surface area contributed by atoms with Crippen molar-refractivity contribution >= 4 is 29.1 Å². The lowest BCUT2D eigenvalue weighted by Gasteiger charge is -2.13. The SMILES string of the molecule is NC(=O)Nc1cc(-c2cccs2)nn1-c1ccc(CC(=O)NC(CO)CO)cc1. The summed E-state index contributed by atoms with van der Waals surface area (Å²) in [4.78, 5) is 24.3. The minimum absolute atomic E-state index is 0.0999. The Labute approximate surface area is 170 Å². The van der Waals surface area contributed by atoms with Crippen LogP contribution in [0.2, 0.25) is 0 Å². The number of benzene rings is 1. The first-order valence-corrected chi connectivity index (χ1v) is 9.69. The highest BCUT2D eigenvalue weighted by molar-refractivity contribution is 7.13. The van der Waals surface area contributed by atoms with Crippen LogP contribution < -0.4 is 16.4 Å². The third kappa shape index (κ3) is 5.19. The van der Waals surface area contributed by atoms with Crippen LogP contribution in [0.15, 0.2) is 47.8 Å². The maximum absolute atomic E-state index is 12.0. The fourth-order valence-corrected chi connectivity index (χ4v) is 3.39. The van der Waals surface area contributed by atoms with Crippen molar-refractivity contribution in [2.75, 3.05) is 18.5 Å². The molecule has 0 saturated carbocycles. The quantitative estimate of drug-likeness (QED) is 0.374. The number of thiophene rings is 1. The van der Waals surface area contributed by atoms with Crippen LogP contribution in [-0.4, -0.2) is 51.2 Å². The summed E-state index contributed by atoms with van der Waals surface area (Å²) in [7, 11) is 0. The lowest BCUT2D eigenvalue weighted by Crippen LogP contribution is -2.40. The molecule has 3 aromatic rings. The summed E-state index contributed by atoms with van der Waals surface area (Å²) in [6, 6.07) is 11.3. The lowest BCUT2D eigenvalue weighted by molar-refractivity contribution is -0.121. The van der Waals surface area contributed by atoms with E-state index in [0.29, 0.717) is 17.2 Å². The smallest absolute Gasteiger partial charge is 0.317 e. The number of rotatable bonds is 8. The standard InChI is InChI=1S/C19H21N5O4S/c20-19(28)22-17-9-15(16-2-1-7-29-16)23-24(17)14-5-3-12(4-6-14)8-18(27)21-13(10-25)11-26/h1-7,9,13,25-26H,8,10-11H2,(H,21,27)(H3,20,22,28). The summed E-state index contributed by atoms with van der Waals surface area (Å²) in [5, 5.41) is 29.7. The summed E-state index contributed by atoms with van der Waals surface area (Å²) >= 11 is 1.53. The number of aliphatic hydroxyl groups is 2. The average Bonchev–Trinajstić information content (AvgIpc) is 3.36. The zero-order chi connectivity index (χ0) is 20.8. The van der Waals surface area contributed by atoms with E-state index in [1.807, 2.05) is 17.5 Å². The highest BCUT2D eigenvalue weighted by Gasteiger charge is 2.14. The molecule has 10 heteroatoms. The molecule has 29 heavy (non-hydrogen) atoms. The Morgan fingerprint density at radius 2 is 1.90 bits per heavy atom. The molecular formula is C19H21N5O4S. The van der Waals surface area contributed by atoms with E-state index in [4.69, 9.17) is 15.9 Å². The molecule has 3 rings (SSSR count). The number of nitrogens with one attached hydrogen (secondary N) is 2. The molecule has 0 aliphatic carbocycles. The van der Waals surface area contributed by atoms with E-state index in [9.17, 15) is 9.59 Å². The number of hydrogen-bond acceptors (Lipinski definition) is 6. The molecule has 152 valence electrons. The van der Waals surface area contributed by atoms with Gasteiger partial charge in [-0.3, -0.25) is 10.1 Å². The van der Waals surface area contributed by atoms with E-state index in [0.717, 1.165) is 10.4 Å². The van der Waals surface area contributed by atoms with Crippen molar-refractivity contribution in [3.8, 4) is 16.3 Å². The zero-order valence-electron chi connectivity index (χ0n) is 15.4. The van der Waals surface area contributed by atoms with Crippen LogP contribution in [0.3, 0.4) is 0 Å². The monoisotopic (exact) mass is 415 g/mol. The third-order valence-electron chi connectivity index (χ3n) is 4.09. The van der Waals surface area contributed by atoms with E-state index in [-0.39, 0.29) is 25.5 Å². The molecule has 9 nitrogen and oxygen atoms in total. The second-order valence-corrected chi connectivity index (χ2v) is 7.21. The molecule has 0 atom stereocenters. The number of urea groups is 1. The largest absolute Gasteiger partial charge is 0.394 e. The first-order chi connectivity index (χ1) is 14.0. The molecule has 0 aliphatic heterocycles. The van der Waals surface area contributed by atoms with Crippen molar-refractivity contribution < 1.29 is 19.8 Å². The van der Waals surface area contributed by atoms with Gasteiger partial charge in [0, 0.05) is 6.07 Å². The average molecular weight is 415 g/mol. The number of carbonyl (C=O) groups excluding carboxylic acids is 2. The molecule has 3 amide bonds. The Morgan fingerprint density at radius 1 is 1.17 bits per heavy atom. The van der Waals surface area contributed by atoms with Crippen LogP contribution in [0.5, 0.6) is 0 Å². The number of amides is 3. The molecule has 0 unspecified atom stereocenters. The Balaban J connectivity index is 1.80. The molecular weight excluding hydrogens is 394 g/mol. The van der Waals surface area contributed by atoms with Crippen molar-refractivity contribution in [1.29, 1.82) is 0 Å². The molecule has 0 fully saturated rings. The number of anilines is 1. The van der Waals surface area contributed by atoms with Gasteiger partial charge in [0.15, 0.2) is 0 Å². The Bertz CT molecular complexity index is 965. The Hall–Kier alpha value is -3.21. The molecule has 0 aliphatic rings. The van der Waals surface area contributed by atoms with Gasteiger partial charge in [0.25, 0.3) is 0 Å². The van der Waals surface area contributed by atoms with Crippen LogP contribution in [0.1, 0.15) is 5.56 Å². The first kappa shape index (κ1) is 20.5. The molecule has 0 bridgehead atoms. The Morgan fingerprint density at radius 3 is 2.48 bits per heavy atom. The number of aliphatic hydroxyl groups excluding tert-OH is 2. The second kappa shape index (κ2) is 9.32. The molecule has 2 aromatic heterocycles. The van der Waals surface area contributed by atoms with Crippen molar-refractivity contribution in [3.05, 3.63) is 53.4 Å². The van der Waals surface area contributed by atoms with Gasteiger partial charge in [-0.05, 0) is 29.1 Å². The van der Waals surface area contributed by atoms with Gasteiger partial charge in [-0.1, -0.05) is 18.2 Å². The molecule has 1 aromatic carbocycles. The third-order valence-corrected chi connectivity index (χ3v) is 4.98. The number of hydrogen-bond donors (Lipinski definition) is 5. The Kier molecular flexibility index (Phi) is 6.60. The van der Waals surface area contributed by atoms with Gasteiger partial charge in [0.1, 0.15) is 11.5 Å². The van der Waals surface area contributed by atoms with Gasteiger partial charge in [-0.2, -0.15) is 5.10 Å². The van der Waals surface area contributed by atoms with Gasteiger partial charge >= 0.3 is 6.03 Å². The zero-order valence-corrected chi connectivity index (χ0v) is 16.2. The van der Waals surface area contributed by atoms with E-state index in [1.165, 1.54) is 11.3 Å². The van der Waals surface area contributed by atoms with E-state index >= 15 is 0 Å². The highest BCUT2D eigenvalue weighted by Crippen LogP contribution is 2.28. The van der Waals surface area contributed by atoms with Crippen molar-refractivity contribution in [3.63, 3.8) is 0 Å². The minimum atomic E-state index is -0.695. The molecule has 0 spiro atoms. The van der Waals surface area contributed by atoms with Crippen molar-refractivity contribution in [1.82, 2.24) is 15.1 Å². The summed E-state index contributed by atoms with van der Waals surface area (Å²) in [5.41, 5.74) is 7.40. The van der Waals surface area contributed by atoms with Gasteiger partial charge in [0.2, 0.25) is 5.91 Å². The molecule has 0 radical (unpaired) electrons. The van der Waals surface area contributed by atoms with E-state index < -0.39 is 12.1 Å². The van der Waals surface area contributed by atoms with Crippen molar-refractivity contribution in [2.45, 2.75) is 12.5 Å². The number of nitrogens with zero attached hydrogens (tertiary/aromatic N) is 2. The number of primary amides is 1. The lowest BCUT2D eigenvalue weighted by atomic mass is 10.1. The predicted molar refractivity (Wildman–Crippen MR) is 110 cm³/mol. The first-order valence-electron chi connectivity index (χ1n) is 8.81. The van der Waals surface area contributed by atoms with E-state index in [1.54, 1.807) is 35.0 Å². The highest BCUT2D eigenvalue weighted by atomic mass is 32.1. The molecule has 6 N–H and O–H groups in total. The second-order valence-electron chi connectivity index (χ2n) is 6.27. The van der Waals surface area contributed by atoms with Crippen LogP contribution in [0.4, 0.5) is 10.6 Å². The van der Waals surface area contributed by atoms with Crippen molar-refractivity contribution in [2.24, 2.45) is 5.73 Å².